The molecule has 1 saturated carbocycles. The largest absolute Gasteiger partial charge is 0.325 e. The smallest absolute Gasteiger partial charge is 0.257 e. The van der Waals surface area contributed by atoms with E-state index in [4.69, 9.17) is 0 Å². The molecule has 25 heavy (non-hydrogen) atoms. The Kier molecular flexibility index (Phi) is 3.68. The van der Waals surface area contributed by atoms with Gasteiger partial charge in [-0.15, -0.1) is 0 Å². The van der Waals surface area contributed by atoms with Crippen molar-refractivity contribution in [2.24, 2.45) is 0 Å². The number of nitrogens with zero attached hydrogens (tertiary/aromatic N) is 3. The summed E-state index contributed by atoms with van der Waals surface area (Å²) in [5.41, 5.74) is 3.01. The molecule has 1 fully saturated rings. The molecule has 0 aliphatic heterocycles. The average Bonchev–Trinajstić information content (AvgIpc) is 3.35. The van der Waals surface area contributed by atoms with Crippen LogP contribution in [0.15, 0.2) is 42.9 Å². The van der Waals surface area contributed by atoms with Crippen LogP contribution in [-0.4, -0.2) is 26.3 Å². The molecule has 2 heterocycles. The Bertz CT molecular complexity index is 975. The van der Waals surface area contributed by atoms with Gasteiger partial charge in [-0.25, -0.2) is 9.97 Å². The minimum Gasteiger partial charge on any atom is -0.325 e. The van der Waals surface area contributed by atoms with Crippen LogP contribution in [0.1, 0.15) is 36.2 Å². The molecule has 0 saturated heterocycles. The molecule has 2 aromatic heterocycles. The quantitative estimate of drug-likeness (QED) is 0.767. The Labute approximate surface area is 144 Å². The summed E-state index contributed by atoms with van der Waals surface area (Å²) < 4.78 is 2.06. The van der Waals surface area contributed by atoms with Gasteiger partial charge in [-0.1, -0.05) is 12.1 Å². The molecule has 2 amide bonds. The first-order valence-corrected chi connectivity index (χ1v) is 8.12. The Balaban J connectivity index is 1.59. The van der Waals surface area contributed by atoms with Crippen LogP contribution in [0.4, 0.5) is 11.4 Å². The van der Waals surface area contributed by atoms with Crippen molar-refractivity contribution in [3.8, 4) is 0 Å². The number of pyridine rings is 1. The molecule has 0 bridgehead atoms. The maximum Gasteiger partial charge on any atom is 0.257 e. The summed E-state index contributed by atoms with van der Waals surface area (Å²) in [4.78, 5) is 32.6. The second-order valence-corrected chi connectivity index (χ2v) is 6.13. The van der Waals surface area contributed by atoms with Gasteiger partial charge in [-0.05, 0) is 31.0 Å². The van der Waals surface area contributed by atoms with Crippen molar-refractivity contribution in [3.63, 3.8) is 0 Å². The van der Waals surface area contributed by atoms with Crippen LogP contribution in [0.25, 0.3) is 11.2 Å². The van der Waals surface area contributed by atoms with E-state index in [1.165, 1.54) is 6.92 Å². The van der Waals surface area contributed by atoms with E-state index in [-0.39, 0.29) is 11.8 Å². The van der Waals surface area contributed by atoms with Gasteiger partial charge in [0.1, 0.15) is 5.52 Å². The van der Waals surface area contributed by atoms with E-state index in [9.17, 15) is 9.59 Å². The highest BCUT2D eigenvalue weighted by Gasteiger charge is 2.25. The fourth-order valence-corrected chi connectivity index (χ4v) is 2.75. The molecule has 1 aliphatic rings. The first-order valence-electron chi connectivity index (χ1n) is 8.12. The van der Waals surface area contributed by atoms with Crippen LogP contribution in [0.3, 0.4) is 0 Å². The summed E-state index contributed by atoms with van der Waals surface area (Å²) in [6.45, 7) is 1.42. The lowest BCUT2D eigenvalue weighted by atomic mass is 10.2. The minimum atomic E-state index is -0.298. The number of anilines is 2. The second-order valence-electron chi connectivity index (χ2n) is 6.13. The maximum absolute atomic E-state index is 12.6. The molecule has 1 aliphatic carbocycles. The van der Waals surface area contributed by atoms with E-state index in [0.717, 1.165) is 18.5 Å². The van der Waals surface area contributed by atoms with Gasteiger partial charge in [-0.2, -0.15) is 0 Å². The summed E-state index contributed by atoms with van der Waals surface area (Å²) in [6.07, 6.45) is 5.63. The number of carbonyl (C=O) groups excluding carboxylic acids is 2. The van der Waals surface area contributed by atoms with Crippen LogP contribution >= 0.6 is 0 Å². The number of hydrogen-bond acceptors (Lipinski definition) is 4. The third kappa shape index (κ3) is 3.08. The summed E-state index contributed by atoms with van der Waals surface area (Å²) in [7, 11) is 0. The van der Waals surface area contributed by atoms with Crippen molar-refractivity contribution in [2.75, 3.05) is 10.6 Å². The van der Waals surface area contributed by atoms with Crippen molar-refractivity contribution in [1.29, 1.82) is 0 Å². The number of rotatable bonds is 4. The number of imidazole rings is 1. The molecule has 7 heteroatoms. The summed E-state index contributed by atoms with van der Waals surface area (Å²) in [5.74, 6) is -0.497. The zero-order valence-electron chi connectivity index (χ0n) is 13.7. The highest BCUT2D eigenvalue weighted by atomic mass is 16.2. The Morgan fingerprint density at radius 1 is 1.12 bits per heavy atom. The van der Waals surface area contributed by atoms with E-state index in [1.54, 1.807) is 42.9 Å². The predicted molar refractivity (Wildman–Crippen MR) is 94.5 cm³/mol. The Morgan fingerprint density at radius 3 is 2.52 bits per heavy atom. The lowest BCUT2D eigenvalue weighted by Gasteiger charge is -2.11. The zero-order chi connectivity index (χ0) is 17.4. The molecule has 7 nitrogen and oxygen atoms in total. The van der Waals surface area contributed by atoms with Crippen LogP contribution in [0.5, 0.6) is 0 Å². The molecule has 0 radical (unpaired) electrons. The molecule has 0 unspecified atom stereocenters. The van der Waals surface area contributed by atoms with E-state index >= 15 is 0 Å². The number of aromatic nitrogens is 3. The van der Waals surface area contributed by atoms with Crippen molar-refractivity contribution in [1.82, 2.24) is 14.5 Å². The number of amides is 2. The number of benzene rings is 1. The first kappa shape index (κ1) is 15.3. The second kappa shape index (κ2) is 6.01. The summed E-state index contributed by atoms with van der Waals surface area (Å²) in [5, 5.41) is 5.51. The van der Waals surface area contributed by atoms with E-state index in [1.807, 2.05) is 0 Å². The monoisotopic (exact) mass is 335 g/mol. The topological polar surface area (TPSA) is 88.9 Å². The number of para-hydroxylation sites is 2. The number of carbonyl (C=O) groups is 2. The van der Waals surface area contributed by atoms with Crippen molar-refractivity contribution in [3.05, 3.63) is 48.4 Å². The third-order valence-electron chi connectivity index (χ3n) is 4.10. The molecule has 0 atom stereocenters. The molecule has 0 spiro atoms. The number of fused-ring (bicyclic) bond motifs is 1. The van der Waals surface area contributed by atoms with Crippen LogP contribution in [0, 0.1) is 0 Å². The van der Waals surface area contributed by atoms with Crippen LogP contribution in [-0.2, 0) is 4.79 Å². The molecule has 4 rings (SSSR count). The molecule has 3 aromatic rings. The standard InChI is InChI=1S/C18H17N5O2/c1-11(24)21-14-4-2-3-5-15(14)22-18(25)12-8-16-17(19-9-12)23(10-20-16)13-6-7-13/h2-5,8-10,13H,6-7H2,1H3,(H,21,24)(H,22,25). The van der Waals surface area contributed by atoms with E-state index in [0.29, 0.717) is 28.5 Å². The summed E-state index contributed by atoms with van der Waals surface area (Å²) >= 11 is 0. The third-order valence-corrected chi connectivity index (χ3v) is 4.10. The normalized spacial score (nSPS) is 13.6. The average molecular weight is 335 g/mol. The number of nitrogens with one attached hydrogen (secondary N) is 2. The van der Waals surface area contributed by atoms with Gasteiger partial charge in [0.2, 0.25) is 5.91 Å². The SMILES string of the molecule is CC(=O)Nc1ccccc1NC(=O)c1cnc2c(c1)ncn2C1CC1. The van der Waals surface area contributed by atoms with Gasteiger partial charge < -0.3 is 15.2 Å². The molecule has 1 aromatic carbocycles. The Morgan fingerprint density at radius 2 is 1.84 bits per heavy atom. The molecule has 2 N–H and O–H groups in total. The van der Waals surface area contributed by atoms with Crippen molar-refractivity contribution < 1.29 is 9.59 Å². The van der Waals surface area contributed by atoms with Gasteiger partial charge >= 0.3 is 0 Å². The highest BCUT2D eigenvalue weighted by Crippen LogP contribution is 2.36. The zero-order valence-corrected chi connectivity index (χ0v) is 13.7. The first-order chi connectivity index (χ1) is 12.1. The van der Waals surface area contributed by atoms with Crippen molar-refractivity contribution >= 4 is 34.4 Å². The minimum absolute atomic E-state index is 0.199. The lowest BCUT2D eigenvalue weighted by molar-refractivity contribution is -0.114. The van der Waals surface area contributed by atoms with Gasteiger partial charge in [0.15, 0.2) is 5.65 Å². The summed E-state index contributed by atoms with van der Waals surface area (Å²) in [6, 6.07) is 9.27. The number of hydrogen-bond donors (Lipinski definition) is 2. The van der Waals surface area contributed by atoms with Gasteiger partial charge in [-0.3, -0.25) is 9.59 Å². The van der Waals surface area contributed by atoms with Gasteiger partial charge in [0.05, 0.1) is 23.3 Å². The Hall–Kier alpha value is -3.22. The van der Waals surface area contributed by atoms with E-state index < -0.39 is 0 Å². The molecular formula is C18H17N5O2. The lowest BCUT2D eigenvalue weighted by Crippen LogP contribution is -2.15. The fraction of sp³-hybridized carbons (Fsp3) is 0.222. The van der Waals surface area contributed by atoms with Gasteiger partial charge in [0, 0.05) is 19.2 Å². The molecule has 126 valence electrons. The fourth-order valence-electron chi connectivity index (χ4n) is 2.75. The van der Waals surface area contributed by atoms with E-state index in [2.05, 4.69) is 25.2 Å². The predicted octanol–water partition coefficient (Wildman–Crippen LogP) is 2.98. The van der Waals surface area contributed by atoms with Crippen molar-refractivity contribution in [2.45, 2.75) is 25.8 Å². The molecular weight excluding hydrogens is 318 g/mol. The van der Waals surface area contributed by atoms with Crippen LogP contribution < -0.4 is 10.6 Å². The van der Waals surface area contributed by atoms with Gasteiger partial charge in [0.25, 0.3) is 5.91 Å². The van der Waals surface area contributed by atoms with Crippen LogP contribution in [0.2, 0.25) is 0 Å². The maximum atomic E-state index is 12.6. The highest BCUT2D eigenvalue weighted by molar-refractivity contribution is 6.07.